The number of halogens is 1. The van der Waals surface area contributed by atoms with Crippen LogP contribution in [-0.2, 0) is 21.0 Å². The molecule has 0 unspecified atom stereocenters. The van der Waals surface area contributed by atoms with E-state index in [1.807, 2.05) is 37.3 Å². The summed E-state index contributed by atoms with van der Waals surface area (Å²) in [6, 6.07) is 26.9. The van der Waals surface area contributed by atoms with E-state index in [9.17, 15) is 19.2 Å². The van der Waals surface area contributed by atoms with Gasteiger partial charge in [-0.25, -0.2) is 9.69 Å². The average Bonchev–Trinajstić information content (AvgIpc) is 3.00. The fourth-order valence-electron chi connectivity index (χ4n) is 4.22. The van der Waals surface area contributed by atoms with Crippen molar-refractivity contribution in [2.75, 3.05) is 16.8 Å². The Labute approximate surface area is 252 Å². The summed E-state index contributed by atoms with van der Waals surface area (Å²) in [5.74, 6) is -1.28. The van der Waals surface area contributed by atoms with E-state index in [0.29, 0.717) is 28.6 Å². The standard InChI is InChI=1S/C33H26ClN3O6/c1-21-11-12-24(18-28(21)34)35-30(38)20-43-29-10-6-5-9-23(29)17-27-31(39)36-33(41)37(32(27)40)25-13-15-26(16-14-25)42-19-22-7-3-2-4-8-22/h2-18H,19-20H2,1H3,(H,35,38)(H,36,39,41)/b27-17-. The zero-order valence-electron chi connectivity index (χ0n) is 23.0. The van der Waals surface area contributed by atoms with Crippen LogP contribution in [0.1, 0.15) is 16.7 Å². The molecule has 2 N–H and O–H groups in total. The number of carbonyl (C=O) groups excluding carboxylic acids is 4. The van der Waals surface area contributed by atoms with Gasteiger partial charge in [0.1, 0.15) is 23.7 Å². The number of hydrogen-bond donors (Lipinski definition) is 2. The van der Waals surface area contributed by atoms with Gasteiger partial charge in [0.15, 0.2) is 6.61 Å². The first kappa shape index (κ1) is 29.1. The third-order valence-corrected chi connectivity index (χ3v) is 6.89. The van der Waals surface area contributed by atoms with Crippen LogP contribution in [0.3, 0.4) is 0 Å². The quantitative estimate of drug-likeness (QED) is 0.184. The van der Waals surface area contributed by atoms with Crippen LogP contribution in [0.5, 0.6) is 11.5 Å². The zero-order valence-corrected chi connectivity index (χ0v) is 23.8. The van der Waals surface area contributed by atoms with Crippen LogP contribution in [0.25, 0.3) is 6.08 Å². The van der Waals surface area contributed by atoms with Crippen LogP contribution < -0.4 is 25.0 Å². The maximum Gasteiger partial charge on any atom is 0.335 e. The highest BCUT2D eigenvalue weighted by Gasteiger charge is 2.37. The Kier molecular flexibility index (Phi) is 8.83. The van der Waals surface area contributed by atoms with Crippen molar-refractivity contribution in [2.45, 2.75) is 13.5 Å². The first-order valence-electron chi connectivity index (χ1n) is 13.2. The molecule has 43 heavy (non-hydrogen) atoms. The van der Waals surface area contributed by atoms with E-state index in [4.69, 9.17) is 21.1 Å². The second-order valence-electron chi connectivity index (χ2n) is 9.56. The van der Waals surface area contributed by atoms with Crippen molar-refractivity contribution in [1.82, 2.24) is 5.32 Å². The number of carbonyl (C=O) groups is 4. The molecule has 0 atom stereocenters. The molecule has 1 heterocycles. The third kappa shape index (κ3) is 7.09. The van der Waals surface area contributed by atoms with Crippen LogP contribution in [0.15, 0.2) is 103 Å². The number of amides is 5. The van der Waals surface area contributed by atoms with Gasteiger partial charge in [0.2, 0.25) is 0 Å². The van der Waals surface area contributed by atoms with Gasteiger partial charge in [-0.3, -0.25) is 19.7 Å². The highest BCUT2D eigenvalue weighted by molar-refractivity contribution is 6.39. The van der Waals surface area contributed by atoms with Crippen molar-refractivity contribution >= 4 is 52.8 Å². The van der Waals surface area contributed by atoms with E-state index in [1.165, 1.54) is 6.08 Å². The lowest BCUT2D eigenvalue weighted by Crippen LogP contribution is -2.54. The normalized spacial score (nSPS) is 14.0. The number of anilines is 2. The topological polar surface area (TPSA) is 114 Å². The summed E-state index contributed by atoms with van der Waals surface area (Å²) in [6.07, 6.45) is 1.32. The van der Waals surface area contributed by atoms with Gasteiger partial charge in [0, 0.05) is 16.3 Å². The fraction of sp³-hybridized carbons (Fsp3) is 0.0909. The van der Waals surface area contributed by atoms with Crippen molar-refractivity contribution in [3.63, 3.8) is 0 Å². The number of nitrogens with zero attached hydrogens (tertiary/aromatic N) is 1. The van der Waals surface area contributed by atoms with Gasteiger partial charge in [-0.2, -0.15) is 0 Å². The average molecular weight is 596 g/mol. The molecule has 0 aliphatic carbocycles. The van der Waals surface area contributed by atoms with Crippen LogP contribution in [0.2, 0.25) is 5.02 Å². The molecule has 0 spiro atoms. The Balaban J connectivity index is 1.29. The van der Waals surface area contributed by atoms with Crippen molar-refractivity contribution in [3.8, 4) is 11.5 Å². The molecule has 4 aromatic carbocycles. The number of benzene rings is 4. The molecule has 5 amide bonds. The van der Waals surface area contributed by atoms with Gasteiger partial charge in [0.05, 0.1) is 5.69 Å². The minimum Gasteiger partial charge on any atom is -0.489 e. The van der Waals surface area contributed by atoms with E-state index >= 15 is 0 Å². The summed E-state index contributed by atoms with van der Waals surface area (Å²) in [5, 5.41) is 5.44. The Morgan fingerprint density at radius 2 is 1.63 bits per heavy atom. The number of rotatable bonds is 9. The number of hydrogen-bond acceptors (Lipinski definition) is 6. The van der Waals surface area contributed by atoms with E-state index in [1.54, 1.807) is 66.7 Å². The minimum atomic E-state index is -0.873. The van der Waals surface area contributed by atoms with Gasteiger partial charge < -0.3 is 14.8 Å². The number of para-hydroxylation sites is 1. The van der Waals surface area contributed by atoms with E-state index in [-0.39, 0.29) is 23.6 Å². The van der Waals surface area contributed by atoms with Crippen molar-refractivity contribution in [1.29, 1.82) is 0 Å². The molecule has 1 fully saturated rings. The number of barbiturate groups is 1. The zero-order chi connectivity index (χ0) is 30.3. The van der Waals surface area contributed by atoms with Gasteiger partial charge >= 0.3 is 6.03 Å². The first-order chi connectivity index (χ1) is 20.8. The van der Waals surface area contributed by atoms with Gasteiger partial charge in [-0.1, -0.05) is 66.2 Å². The second kappa shape index (κ2) is 13.1. The smallest absolute Gasteiger partial charge is 0.335 e. The number of ether oxygens (including phenoxy) is 2. The van der Waals surface area contributed by atoms with Crippen LogP contribution in [-0.4, -0.2) is 30.4 Å². The molecule has 10 heteroatoms. The van der Waals surface area contributed by atoms with Crippen LogP contribution in [0.4, 0.5) is 16.2 Å². The molecule has 1 aliphatic heterocycles. The molecule has 0 bridgehead atoms. The van der Waals surface area contributed by atoms with Crippen LogP contribution >= 0.6 is 11.6 Å². The van der Waals surface area contributed by atoms with Gasteiger partial charge in [-0.15, -0.1) is 0 Å². The maximum atomic E-state index is 13.4. The molecule has 9 nitrogen and oxygen atoms in total. The molecule has 216 valence electrons. The number of nitrogens with one attached hydrogen (secondary N) is 2. The highest BCUT2D eigenvalue weighted by atomic mass is 35.5. The van der Waals surface area contributed by atoms with Crippen molar-refractivity contribution in [2.24, 2.45) is 0 Å². The Hall–Kier alpha value is -5.41. The van der Waals surface area contributed by atoms with E-state index in [0.717, 1.165) is 16.0 Å². The number of aryl methyl sites for hydroxylation is 1. The lowest BCUT2D eigenvalue weighted by molar-refractivity contribution is -0.122. The minimum absolute atomic E-state index is 0.255. The molecule has 0 saturated carbocycles. The highest BCUT2D eigenvalue weighted by Crippen LogP contribution is 2.27. The third-order valence-electron chi connectivity index (χ3n) is 6.48. The molecular weight excluding hydrogens is 570 g/mol. The Bertz CT molecular complexity index is 1720. The number of urea groups is 1. The first-order valence-corrected chi connectivity index (χ1v) is 13.6. The predicted molar refractivity (Wildman–Crippen MR) is 163 cm³/mol. The number of imide groups is 2. The fourth-order valence-corrected chi connectivity index (χ4v) is 4.40. The van der Waals surface area contributed by atoms with E-state index < -0.39 is 23.8 Å². The summed E-state index contributed by atoms with van der Waals surface area (Å²) >= 11 is 6.13. The lowest BCUT2D eigenvalue weighted by atomic mass is 10.1. The Morgan fingerprint density at radius 3 is 2.37 bits per heavy atom. The SMILES string of the molecule is Cc1ccc(NC(=O)COc2ccccc2/C=C2/C(=O)NC(=O)N(c3ccc(OCc4ccccc4)cc3)C2=O)cc1Cl. The van der Waals surface area contributed by atoms with E-state index in [2.05, 4.69) is 10.6 Å². The van der Waals surface area contributed by atoms with Gasteiger partial charge in [-0.05, 0) is 66.6 Å². The van der Waals surface area contributed by atoms with Crippen LogP contribution in [0, 0.1) is 6.92 Å². The molecule has 1 saturated heterocycles. The lowest BCUT2D eigenvalue weighted by Gasteiger charge is -2.26. The van der Waals surface area contributed by atoms with Crippen molar-refractivity contribution in [3.05, 3.63) is 124 Å². The summed E-state index contributed by atoms with van der Waals surface area (Å²) in [5.41, 5.74) is 2.73. The molecule has 5 rings (SSSR count). The molecular formula is C33H26ClN3O6. The summed E-state index contributed by atoms with van der Waals surface area (Å²) in [7, 11) is 0. The molecule has 0 aromatic heterocycles. The molecule has 1 aliphatic rings. The summed E-state index contributed by atoms with van der Waals surface area (Å²) in [4.78, 5) is 52.2. The van der Waals surface area contributed by atoms with Crippen molar-refractivity contribution < 1.29 is 28.7 Å². The summed E-state index contributed by atoms with van der Waals surface area (Å²) < 4.78 is 11.5. The predicted octanol–water partition coefficient (Wildman–Crippen LogP) is 5.91. The second-order valence-corrected chi connectivity index (χ2v) is 9.97. The molecule has 0 radical (unpaired) electrons. The van der Waals surface area contributed by atoms with Gasteiger partial charge in [0.25, 0.3) is 17.7 Å². The summed E-state index contributed by atoms with van der Waals surface area (Å²) in [6.45, 7) is 1.87. The molecule has 4 aromatic rings. The Morgan fingerprint density at radius 1 is 0.907 bits per heavy atom. The largest absolute Gasteiger partial charge is 0.489 e. The monoisotopic (exact) mass is 595 g/mol. The maximum absolute atomic E-state index is 13.4.